The van der Waals surface area contributed by atoms with Crippen LogP contribution < -0.4 is 5.32 Å². The second-order valence-electron chi connectivity index (χ2n) is 6.50. The van der Waals surface area contributed by atoms with Crippen LogP contribution in [0, 0.1) is 0 Å². The fourth-order valence-corrected chi connectivity index (χ4v) is 4.37. The van der Waals surface area contributed by atoms with Gasteiger partial charge >= 0.3 is 0 Å². The number of rotatable bonds is 1. The Labute approximate surface area is 134 Å². The van der Waals surface area contributed by atoms with E-state index in [9.17, 15) is 4.79 Å². The third kappa shape index (κ3) is 6.60. The Balaban J connectivity index is 1.92. The summed E-state index contributed by atoms with van der Waals surface area (Å²) in [5, 5.41) is 3.46. The van der Waals surface area contributed by atoms with E-state index in [1.807, 2.05) is 11.8 Å². The van der Waals surface area contributed by atoms with Crippen molar-refractivity contribution in [3.8, 4) is 0 Å². The summed E-state index contributed by atoms with van der Waals surface area (Å²) >= 11 is 1.87. The van der Waals surface area contributed by atoms with E-state index in [1.165, 1.54) is 57.8 Å². The highest BCUT2D eigenvalue weighted by atomic mass is 32.2. The maximum Gasteiger partial charge on any atom is 0.223 e. The van der Waals surface area contributed by atoms with E-state index in [2.05, 4.69) is 10.2 Å². The molecule has 122 valence electrons. The second-order valence-corrected chi connectivity index (χ2v) is 7.46. The molecular formula is C17H32N2OS. The minimum Gasteiger partial charge on any atom is -0.330 e. The predicted molar refractivity (Wildman–Crippen MR) is 91.4 cm³/mol. The Morgan fingerprint density at radius 2 is 1.57 bits per heavy atom. The molecular weight excluding hydrogens is 280 g/mol. The van der Waals surface area contributed by atoms with Crippen molar-refractivity contribution in [1.82, 2.24) is 10.2 Å². The van der Waals surface area contributed by atoms with Gasteiger partial charge in [0.25, 0.3) is 0 Å². The molecule has 1 aliphatic carbocycles. The van der Waals surface area contributed by atoms with Gasteiger partial charge in [0.2, 0.25) is 5.91 Å². The monoisotopic (exact) mass is 312 g/mol. The number of nitrogens with zero attached hydrogens (tertiary/aromatic N) is 1. The molecule has 1 saturated heterocycles. The Kier molecular flexibility index (Phi) is 8.57. The number of thioether (sulfide) groups is 1. The first-order valence-corrected chi connectivity index (χ1v) is 10.1. The van der Waals surface area contributed by atoms with Gasteiger partial charge in [0.05, 0.1) is 5.88 Å². The molecule has 1 saturated carbocycles. The average molecular weight is 313 g/mol. The third-order valence-electron chi connectivity index (χ3n) is 4.76. The number of carbonyl (C=O) groups excluding carboxylic acids is 1. The van der Waals surface area contributed by atoms with Gasteiger partial charge in [-0.2, -0.15) is 0 Å². The fraction of sp³-hybridized carbons (Fsp3) is 0.941. The zero-order valence-electron chi connectivity index (χ0n) is 13.4. The summed E-state index contributed by atoms with van der Waals surface area (Å²) in [5.74, 6) is 2.28. The van der Waals surface area contributed by atoms with Crippen LogP contribution in [0.4, 0.5) is 0 Å². The van der Waals surface area contributed by atoms with Crippen molar-refractivity contribution < 1.29 is 4.79 Å². The average Bonchev–Trinajstić information content (AvgIpc) is 2.51. The normalized spacial score (nSPS) is 25.5. The highest BCUT2D eigenvalue weighted by molar-refractivity contribution is 7.99. The standard InChI is InChI=1S/C17H32N2OS/c20-17-12-8-9-13-18-14-21-15-19(17)16-10-6-4-2-1-3-5-7-11-16/h16,18H,1-15H2. The number of nitrogens with one attached hydrogen (secondary N) is 1. The van der Waals surface area contributed by atoms with E-state index in [0.717, 1.165) is 37.6 Å². The van der Waals surface area contributed by atoms with Gasteiger partial charge in [0, 0.05) is 18.3 Å². The Hall–Kier alpha value is -0.220. The van der Waals surface area contributed by atoms with Crippen LogP contribution in [-0.4, -0.2) is 35.1 Å². The van der Waals surface area contributed by atoms with E-state index in [1.54, 1.807) is 0 Å². The van der Waals surface area contributed by atoms with Gasteiger partial charge in [-0.25, -0.2) is 0 Å². The van der Waals surface area contributed by atoms with Crippen molar-refractivity contribution in [2.45, 2.75) is 83.1 Å². The zero-order chi connectivity index (χ0) is 14.8. The van der Waals surface area contributed by atoms with Crippen LogP contribution in [0.5, 0.6) is 0 Å². The SMILES string of the molecule is O=C1CCCCNCSCN1C1CCCCCCCCC1. The van der Waals surface area contributed by atoms with E-state index in [-0.39, 0.29) is 0 Å². The highest BCUT2D eigenvalue weighted by Gasteiger charge is 2.23. The lowest BCUT2D eigenvalue weighted by Gasteiger charge is -2.33. The molecule has 0 bridgehead atoms. The van der Waals surface area contributed by atoms with Crippen LogP contribution in [0.15, 0.2) is 0 Å². The Morgan fingerprint density at radius 1 is 0.905 bits per heavy atom. The van der Waals surface area contributed by atoms with Crippen LogP contribution in [-0.2, 0) is 4.79 Å². The molecule has 0 atom stereocenters. The first-order valence-electron chi connectivity index (χ1n) is 8.96. The largest absolute Gasteiger partial charge is 0.330 e. The van der Waals surface area contributed by atoms with Crippen LogP contribution in [0.2, 0.25) is 0 Å². The molecule has 0 unspecified atom stereocenters. The van der Waals surface area contributed by atoms with Crippen molar-refractivity contribution in [1.29, 1.82) is 0 Å². The summed E-state index contributed by atoms with van der Waals surface area (Å²) in [7, 11) is 0. The number of hydrogen-bond acceptors (Lipinski definition) is 3. The molecule has 1 amide bonds. The Bertz CT molecular complexity index is 289. The molecule has 1 aliphatic heterocycles. The zero-order valence-corrected chi connectivity index (χ0v) is 14.3. The summed E-state index contributed by atoms with van der Waals surface area (Å²) in [6.07, 6.45) is 14.9. The second kappa shape index (κ2) is 10.5. The minimum absolute atomic E-state index is 0.409. The molecule has 4 heteroatoms. The molecule has 0 radical (unpaired) electrons. The minimum atomic E-state index is 0.409. The summed E-state index contributed by atoms with van der Waals surface area (Å²) in [4.78, 5) is 14.8. The molecule has 2 rings (SSSR count). The molecule has 21 heavy (non-hydrogen) atoms. The molecule has 1 heterocycles. The van der Waals surface area contributed by atoms with E-state index >= 15 is 0 Å². The summed E-state index contributed by atoms with van der Waals surface area (Å²) in [6, 6.07) is 0.502. The molecule has 2 aliphatic rings. The van der Waals surface area contributed by atoms with Crippen molar-refractivity contribution >= 4 is 17.7 Å². The maximum atomic E-state index is 12.6. The lowest BCUT2D eigenvalue weighted by Crippen LogP contribution is -2.41. The third-order valence-corrected chi connectivity index (χ3v) is 5.63. The van der Waals surface area contributed by atoms with Crippen molar-refractivity contribution in [2.24, 2.45) is 0 Å². The lowest BCUT2D eigenvalue weighted by molar-refractivity contribution is -0.132. The maximum absolute atomic E-state index is 12.6. The molecule has 1 N–H and O–H groups in total. The van der Waals surface area contributed by atoms with E-state index in [4.69, 9.17) is 0 Å². The van der Waals surface area contributed by atoms with Gasteiger partial charge in [0.1, 0.15) is 0 Å². The molecule has 2 fully saturated rings. The van der Waals surface area contributed by atoms with Gasteiger partial charge in [-0.15, -0.1) is 11.8 Å². The van der Waals surface area contributed by atoms with Gasteiger partial charge < -0.3 is 10.2 Å². The molecule has 0 spiro atoms. The van der Waals surface area contributed by atoms with E-state index in [0.29, 0.717) is 11.9 Å². The van der Waals surface area contributed by atoms with Gasteiger partial charge in [0.15, 0.2) is 0 Å². The van der Waals surface area contributed by atoms with Crippen LogP contribution >= 0.6 is 11.8 Å². The molecule has 0 aromatic carbocycles. The van der Waals surface area contributed by atoms with Gasteiger partial charge in [-0.1, -0.05) is 44.9 Å². The Morgan fingerprint density at radius 3 is 2.29 bits per heavy atom. The van der Waals surface area contributed by atoms with Crippen molar-refractivity contribution in [3.05, 3.63) is 0 Å². The van der Waals surface area contributed by atoms with Crippen LogP contribution in [0.3, 0.4) is 0 Å². The molecule has 0 aromatic rings. The number of hydrogen-bond donors (Lipinski definition) is 1. The smallest absolute Gasteiger partial charge is 0.223 e. The fourth-order valence-electron chi connectivity index (χ4n) is 3.44. The van der Waals surface area contributed by atoms with Crippen LogP contribution in [0.1, 0.15) is 77.0 Å². The summed E-state index contributed by atoms with van der Waals surface area (Å²) < 4.78 is 0. The molecule has 3 nitrogen and oxygen atoms in total. The lowest BCUT2D eigenvalue weighted by atomic mass is 9.96. The molecule has 0 aromatic heterocycles. The van der Waals surface area contributed by atoms with Gasteiger partial charge in [-0.3, -0.25) is 4.79 Å². The highest BCUT2D eigenvalue weighted by Crippen LogP contribution is 2.23. The van der Waals surface area contributed by atoms with Gasteiger partial charge in [-0.05, 0) is 32.2 Å². The predicted octanol–water partition coefficient (Wildman–Crippen LogP) is 4.13. The number of amides is 1. The topological polar surface area (TPSA) is 32.3 Å². The number of carbonyl (C=O) groups is 1. The van der Waals surface area contributed by atoms with Crippen molar-refractivity contribution in [3.63, 3.8) is 0 Å². The first kappa shape index (κ1) is 17.1. The first-order chi connectivity index (χ1) is 10.4. The van der Waals surface area contributed by atoms with Crippen molar-refractivity contribution in [2.75, 3.05) is 18.3 Å². The summed E-state index contributed by atoms with van der Waals surface area (Å²) in [5.41, 5.74) is 0. The quantitative estimate of drug-likeness (QED) is 0.790. The van der Waals surface area contributed by atoms with E-state index < -0.39 is 0 Å². The summed E-state index contributed by atoms with van der Waals surface area (Å²) in [6.45, 7) is 1.06. The van der Waals surface area contributed by atoms with Crippen LogP contribution in [0.25, 0.3) is 0 Å².